The van der Waals surface area contributed by atoms with Gasteiger partial charge >= 0.3 is 35.9 Å². The van der Waals surface area contributed by atoms with E-state index in [4.69, 9.17) is 23.7 Å². The van der Waals surface area contributed by atoms with Crippen molar-refractivity contribution in [2.45, 2.75) is 120 Å². The summed E-state index contributed by atoms with van der Waals surface area (Å²) in [5.74, 6) is -9.80. The van der Waals surface area contributed by atoms with Gasteiger partial charge in [0.15, 0.2) is 23.6 Å². The maximum Gasteiger partial charge on any atom is 0.408 e. The molecule has 2 bridgehead atoms. The van der Waals surface area contributed by atoms with Gasteiger partial charge in [-0.3, -0.25) is 19.2 Å². The number of esters is 3. The molecule has 7 rings (SSSR count). The van der Waals surface area contributed by atoms with Crippen molar-refractivity contribution in [3.8, 4) is 0 Å². The highest BCUT2D eigenvalue weighted by Gasteiger charge is 2.78. The topological polar surface area (TPSA) is 308 Å². The van der Waals surface area contributed by atoms with Crippen LogP contribution in [0, 0.1) is 16.7 Å². The monoisotopic (exact) mass is 984 g/mol. The Morgan fingerprint density at radius 1 is 0.831 bits per heavy atom. The zero-order valence-electron chi connectivity index (χ0n) is 39.4. The molecule has 0 aromatic heterocycles. The number of aliphatic carboxylic acids is 2. The number of carbonyl (C=O) groups is 8. The molecule has 1 saturated heterocycles. The molecule has 0 radical (unpaired) electrons. The first-order valence-electron chi connectivity index (χ1n) is 22.9. The largest absolute Gasteiger partial charge is 0.481 e. The van der Waals surface area contributed by atoms with E-state index < -0.39 is 150 Å². The van der Waals surface area contributed by atoms with E-state index in [1.807, 2.05) is 0 Å². The molecule has 2 saturated carbocycles. The second-order valence-corrected chi connectivity index (χ2v) is 19.1. The normalized spacial score (nSPS) is 29.6. The highest BCUT2D eigenvalue weighted by atomic mass is 16.6. The van der Waals surface area contributed by atoms with Crippen LogP contribution in [-0.4, -0.2) is 134 Å². The first-order chi connectivity index (χ1) is 33.5. The lowest BCUT2D eigenvalue weighted by atomic mass is 9.44. The number of carbonyl (C=O) groups excluding carboxylic acids is 6. The van der Waals surface area contributed by atoms with Gasteiger partial charge in [-0.15, -0.1) is 0 Å². The quantitative estimate of drug-likeness (QED) is 0.0653. The van der Waals surface area contributed by atoms with Gasteiger partial charge < -0.3 is 59.9 Å². The SMILES string of the molecule is CC(=O)O[C@@]12CO[C@@H]1C[C@H](O)[C@@]1(C)C(=O)[C@H](OC(=O)NC(CCC(=O)O)C(=O)O)C3=C(C)[C@@H](OC(=O)[C@H](O)C(NC(=O)c4ccccc4)c4ccccc4)C[C@@](O)([C@@H](OC(=O)c4ccccc4)C12)C3(C)C. The number of alkyl carbamates (subject to hydrolysis) is 1. The highest BCUT2D eigenvalue weighted by molar-refractivity contribution is 5.96. The third-order valence-corrected chi connectivity index (χ3v) is 14.7. The van der Waals surface area contributed by atoms with Crippen LogP contribution in [0.2, 0.25) is 0 Å². The van der Waals surface area contributed by atoms with Crippen LogP contribution in [0.15, 0.2) is 102 Å². The summed E-state index contributed by atoms with van der Waals surface area (Å²) in [6.07, 6.45) is -14.9. The molecule has 3 aromatic carbocycles. The fourth-order valence-electron chi connectivity index (χ4n) is 10.8. The van der Waals surface area contributed by atoms with E-state index in [1.54, 1.807) is 66.7 Å². The molecule has 7 N–H and O–H groups in total. The lowest BCUT2D eigenvalue weighted by Crippen LogP contribution is -2.82. The van der Waals surface area contributed by atoms with Crippen molar-refractivity contribution in [2.24, 2.45) is 16.7 Å². The lowest BCUT2D eigenvalue weighted by molar-refractivity contribution is -0.345. The standard InChI is InChI=1S/C51H56N2O18/c1-26-32(68-46(64)38(58)37(28-15-9-6-10-16-28)53-43(60)29-17-11-7-12-18-29)24-51(66)42(70-45(63)30-19-13-8-14-20-30)40-49(5,33(55)23-34-50(40,25-67-34)71-27(2)54)41(59)39(36(26)48(51,3)4)69-47(65)52-31(44(61)62)21-22-35(56)57/h6-20,31-34,37-40,42,55,58,66H,21-25H2,1-5H3,(H,52,65)(H,53,60)(H,56,57)(H,61,62)/t31?,32-,33-,34+,37?,38+,39+,40?,42-,49+,50-,51+/m0/s1. The number of carboxylic acids is 2. The zero-order valence-corrected chi connectivity index (χ0v) is 39.4. The summed E-state index contributed by atoms with van der Waals surface area (Å²) in [6.45, 7) is 6.15. The van der Waals surface area contributed by atoms with Gasteiger partial charge in [0.2, 0.25) is 0 Å². The van der Waals surface area contributed by atoms with E-state index in [1.165, 1.54) is 52.0 Å². The molecule has 2 amide bonds. The predicted molar refractivity (Wildman–Crippen MR) is 244 cm³/mol. The summed E-state index contributed by atoms with van der Waals surface area (Å²) < 4.78 is 30.3. The Balaban J connectivity index is 1.41. The minimum absolute atomic E-state index is 0.0181. The van der Waals surface area contributed by atoms with Crippen LogP contribution in [0.4, 0.5) is 4.79 Å². The summed E-state index contributed by atoms with van der Waals surface area (Å²) in [5.41, 5.74) is -8.57. The predicted octanol–water partition coefficient (Wildman–Crippen LogP) is 3.22. The van der Waals surface area contributed by atoms with Crippen molar-refractivity contribution >= 4 is 47.6 Å². The number of carboxylic acid groups (broad SMARTS) is 2. The zero-order chi connectivity index (χ0) is 51.8. The number of benzene rings is 3. The summed E-state index contributed by atoms with van der Waals surface area (Å²) in [5, 5.41) is 62.0. The molecule has 0 spiro atoms. The van der Waals surface area contributed by atoms with Crippen molar-refractivity contribution in [1.29, 1.82) is 0 Å². The molecule has 12 atom stereocenters. The van der Waals surface area contributed by atoms with Crippen LogP contribution < -0.4 is 10.6 Å². The minimum Gasteiger partial charge on any atom is -0.481 e. The van der Waals surface area contributed by atoms with Crippen LogP contribution in [0.3, 0.4) is 0 Å². The van der Waals surface area contributed by atoms with Crippen LogP contribution >= 0.6 is 0 Å². The maximum atomic E-state index is 15.9. The second kappa shape index (κ2) is 20.0. The summed E-state index contributed by atoms with van der Waals surface area (Å²) in [6, 6.07) is 20.2. The molecular weight excluding hydrogens is 929 g/mol. The summed E-state index contributed by atoms with van der Waals surface area (Å²) in [4.78, 5) is 109. The van der Waals surface area contributed by atoms with E-state index in [-0.39, 0.29) is 34.3 Å². The summed E-state index contributed by atoms with van der Waals surface area (Å²) in [7, 11) is 0. The van der Waals surface area contributed by atoms with E-state index >= 15 is 4.79 Å². The molecule has 71 heavy (non-hydrogen) atoms. The van der Waals surface area contributed by atoms with Crippen LogP contribution in [0.1, 0.15) is 92.6 Å². The van der Waals surface area contributed by atoms with Gasteiger partial charge in [0, 0.05) is 37.2 Å². The Morgan fingerprint density at radius 2 is 1.42 bits per heavy atom. The number of Topliss-reactive ketones (excluding diaryl/α,β-unsaturated/α-hetero) is 1. The Morgan fingerprint density at radius 3 is 1.97 bits per heavy atom. The van der Waals surface area contributed by atoms with E-state index in [9.17, 15) is 59.1 Å². The average Bonchev–Trinajstić information content (AvgIpc) is 3.33. The van der Waals surface area contributed by atoms with Crippen molar-refractivity contribution in [3.63, 3.8) is 0 Å². The van der Waals surface area contributed by atoms with E-state index in [2.05, 4.69) is 10.6 Å². The number of fused-ring (bicyclic) bond motifs is 5. The number of ether oxygens (including phenoxy) is 5. The van der Waals surface area contributed by atoms with Crippen molar-refractivity contribution in [1.82, 2.24) is 10.6 Å². The van der Waals surface area contributed by atoms with Gasteiger partial charge in [0.25, 0.3) is 5.91 Å². The van der Waals surface area contributed by atoms with Gasteiger partial charge in [-0.2, -0.15) is 0 Å². The molecule has 20 heteroatoms. The number of aliphatic hydroxyl groups excluding tert-OH is 2. The number of ketones is 1. The maximum absolute atomic E-state index is 15.9. The van der Waals surface area contributed by atoms with Gasteiger partial charge in [0.05, 0.1) is 35.6 Å². The second-order valence-electron chi connectivity index (χ2n) is 19.1. The molecule has 3 unspecified atom stereocenters. The Labute approximate surface area is 407 Å². The summed E-state index contributed by atoms with van der Waals surface area (Å²) >= 11 is 0. The molecule has 3 aliphatic carbocycles. The molecule has 4 aliphatic rings. The van der Waals surface area contributed by atoms with Gasteiger partial charge in [0.1, 0.15) is 30.0 Å². The first kappa shape index (κ1) is 51.8. The van der Waals surface area contributed by atoms with Crippen molar-refractivity contribution in [3.05, 3.63) is 119 Å². The van der Waals surface area contributed by atoms with Gasteiger partial charge in [-0.05, 0) is 61.2 Å². The molecule has 1 heterocycles. The van der Waals surface area contributed by atoms with Gasteiger partial charge in [-0.25, -0.2) is 19.2 Å². The lowest BCUT2D eigenvalue weighted by Gasteiger charge is -2.67. The average molecular weight is 985 g/mol. The molecule has 3 aromatic rings. The molecule has 1 aliphatic heterocycles. The number of nitrogens with one attached hydrogen (secondary N) is 2. The molecule has 20 nitrogen and oxygen atoms in total. The van der Waals surface area contributed by atoms with Gasteiger partial charge in [-0.1, -0.05) is 80.6 Å². The Kier molecular flexibility index (Phi) is 14.6. The third-order valence-electron chi connectivity index (χ3n) is 14.7. The number of aliphatic hydroxyl groups is 3. The smallest absolute Gasteiger partial charge is 0.408 e. The van der Waals surface area contributed by atoms with Crippen molar-refractivity contribution in [2.75, 3.05) is 6.61 Å². The van der Waals surface area contributed by atoms with Crippen LogP contribution in [0.25, 0.3) is 0 Å². The number of rotatable bonds is 15. The van der Waals surface area contributed by atoms with Crippen molar-refractivity contribution < 1.29 is 87.6 Å². The highest BCUT2D eigenvalue weighted by Crippen LogP contribution is 2.64. The van der Waals surface area contributed by atoms with Crippen LogP contribution in [-0.2, 0) is 47.7 Å². The third kappa shape index (κ3) is 9.51. The molecule has 378 valence electrons. The van der Waals surface area contributed by atoms with E-state index in [0.29, 0.717) is 0 Å². The fourth-order valence-corrected chi connectivity index (χ4v) is 10.8. The number of hydrogen-bond acceptors (Lipinski definition) is 16. The number of amides is 2. The molecular formula is C51H56N2O18. The van der Waals surface area contributed by atoms with Crippen LogP contribution in [0.5, 0.6) is 0 Å². The Bertz CT molecular complexity index is 2610. The first-order valence-corrected chi connectivity index (χ1v) is 22.9. The Hall–Kier alpha value is -7.00. The minimum atomic E-state index is -2.59. The molecule has 3 fully saturated rings. The van der Waals surface area contributed by atoms with E-state index in [0.717, 1.165) is 6.92 Å². The fraction of sp³-hybridized carbons (Fsp3) is 0.451. The number of hydrogen-bond donors (Lipinski definition) is 7.